The molecule has 0 saturated heterocycles. The van der Waals surface area contributed by atoms with Crippen LogP contribution in [0.1, 0.15) is 27.7 Å². The summed E-state index contributed by atoms with van der Waals surface area (Å²) in [6.45, 7) is 3.98. The predicted octanol–water partition coefficient (Wildman–Crippen LogP) is 4.29. The smallest absolute Gasteiger partial charge is 0.291 e. The average molecular weight is 521 g/mol. The number of furan rings is 1. The molecule has 176 valence electrons. The number of benzene rings is 1. The van der Waals surface area contributed by atoms with Crippen LogP contribution in [0.3, 0.4) is 0 Å². The van der Waals surface area contributed by atoms with Gasteiger partial charge in [0.1, 0.15) is 5.76 Å². The van der Waals surface area contributed by atoms with Crippen LogP contribution in [0.25, 0.3) is 0 Å². The van der Waals surface area contributed by atoms with E-state index in [4.69, 9.17) is 27.6 Å². The maximum absolute atomic E-state index is 12.6. The molecule has 0 fully saturated rings. The number of hydrogen-bond donors (Lipinski definition) is 2. The summed E-state index contributed by atoms with van der Waals surface area (Å²) in [7, 11) is -3.90. The number of anilines is 2. The number of hydrogen-bond acceptors (Lipinski definition) is 7. The Kier molecular flexibility index (Phi) is 6.60. The van der Waals surface area contributed by atoms with Crippen molar-refractivity contribution >= 4 is 50.6 Å². The van der Waals surface area contributed by atoms with Crippen LogP contribution in [0, 0.1) is 13.8 Å². The van der Waals surface area contributed by atoms with Crippen molar-refractivity contribution in [1.82, 2.24) is 20.0 Å². The van der Waals surface area contributed by atoms with Crippen molar-refractivity contribution in [1.29, 1.82) is 0 Å². The molecular formula is C21H18Cl2N6O4S. The highest BCUT2D eigenvalue weighted by Gasteiger charge is 2.17. The lowest BCUT2D eigenvalue weighted by Gasteiger charge is -2.08. The standard InChI is InChI=1S/C21H18Cl2N6O4S/c1-12-20(23)13(2)29(27-12)11-15-5-8-17(33-15)21(30)24-14-3-6-16(7-4-14)34(31,32)28-19-10-9-18(22)25-26-19/h3-10H,11H2,1-2H3,(H,24,30)(H,26,28). The van der Waals surface area contributed by atoms with Gasteiger partial charge >= 0.3 is 0 Å². The maximum atomic E-state index is 12.6. The minimum absolute atomic E-state index is 0.0221. The molecule has 3 aromatic heterocycles. The number of nitrogens with one attached hydrogen (secondary N) is 2. The van der Waals surface area contributed by atoms with Crippen LogP contribution < -0.4 is 10.0 Å². The number of aryl methyl sites for hydroxylation is 1. The lowest BCUT2D eigenvalue weighted by atomic mass is 10.3. The second-order valence-corrected chi connectivity index (χ2v) is 9.68. The third-order valence-corrected chi connectivity index (χ3v) is 6.90. The van der Waals surface area contributed by atoms with Gasteiger partial charge in [-0.1, -0.05) is 23.2 Å². The van der Waals surface area contributed by atoms with E-state index < -0.39 is 15.9 Å². The van der Waals surface area contributed by atoms with E-state index in [9.17, 15) is 13.2 Å². The molecule has 3 heterocycles. The normalized spacial score (nSPS) is 11.4. The second-order valence-electron chi connectivity index (χ2n) is 7.23. The first-order valence-corrected chi connectivity index (χ1v) is 12.1. The van der Waals surface area contributed by atoms with Crippen LogP contribution in [0.5, 0.6) is 0 Å². The molecule has 0 radical (unpaired) electrons. The van der Waals surface area contributed by atoms with Gasteiger partial charge in [-0.05, 0) is 62.4 Å². The zero-order valence-corrected chi connectivity index (χ0v) is 20.2. The molecule has 34 heavy (non-hydrogen) atoms. The first-order chi connectivity index (χ1) is 16.1. The van der Waals surface area contributed by atoms with E-state index in [1.807, 2.05) is 13.8 Å². The van der Waals surface area contributed by atoms with Crippen LogP contribution in [-0.2, 0) is 16.6 Å². The van der Waals surface area contributed by atoms with Crippen LogP contribution >= 0.6 is 23.2 Å². The van der Waals surface area contributed by atoms with Crippen LogP contribution in [0.15, 0.2) is 57.8 Å². The molecule has 13 heteroatoms. The van der Waals surface area contributed by atoms with Crippen LogP contribution in [-0.4, -0.2) is 34.3 Å². The third-order valence-electron chi connectivity index (χ3n) is 4.78. The molecule has 4 rings (SSSR count). The fourth-order valence-electron chi connectivity index (χ4n) is 3.04. The highest BCUT2D eigenvalue weighted by molar-refractivity contribution is 7.92. The number of carbonyl (C=O) groups is 1. The SMILES string of the molecule is Cc1nn(Cc2ccc(C(=O)Nc3ccc(S(=O)(=O)Nc4ccc(Cl)nn4)cc3)o2)c(C)c1Cl. The van der Waals surface area contributed by atoms with Gasteiger partial charge in [-0.3, -0.25) is 14.2 Å². The lowest BCUT2D eigenvalue weighted by molar-refractivity contribution is 0.0994. The lowest BCUT2D eigenvalue weighted by Crippen LogP contribution is -2.15. The number of amides is 1. The van der Waals surface area contributed by atoms with Gasteiger partial charge in [-0.25, -0.2) is 8.42 Å². The van der Waals surface area contributed by atoms with E-state index in [-0.39, 0.29) is 21.6 Å². The molecule has 1 amide bonds. The van der Waals surface area contributed by atoms with E-state index in [0.717, 1.165) is 5.69 Å². The Balaban J connectivity index is 1.41. The molecule has 0 aliphatic heterocycles. The summed E-state index contributed by atoms with van der Waals surface area (Å²) in [6, 6.07) is 11.7. The van der Waals surface area contributed by atoms with Gasteiger partial charge in [0.2, 0.25) is 0 Å². The number of rotatable bonds is 7. The highest BCUT2D eigenvalue weighted by Crippen LogP contribution is 2.21. The average Bonchev–Trinajstić information content (AvgIpc) is 3.36. The van der Waals surface area contributed by atoms with Crippen molar-refractivity contribution < 1.29 is 17.6 Å². The van der Waals surface area contributed by atoms with Crippen LogP contribution in [0.4, 0.5) is 11.5 Å². The number of aromatic nitrogens is 4. The van der Waals surface area contributed by atoms with Crippen molar-refractivity contribution in [3.05, 3.63) is 81.6 Å². The Hall–Kier alpha value is -3.41. The maximum Gasteiger partial charge on any atom is 0.291 e. The predicted molar refractivity (Wildman–Crippen MR) is 127 cm³/mol. The number of sulfonamides is 1. The van der Waals surface area contributed by atoms with Crippen molar-refractivity contribution in [3.8, 4) is 0 Å². The molecule has 10 nitrogen and oxygen atoms in total. The Morgan fingerprint density at radius 1 is 1.03 bits per heavy atom. The Bertz CT molecular complexity index is 1450. The Morgan fingerprint density at radius 2 is 1.76 bits per heavy atom. The second kappa shape index (κ2) is 9.45. The zero-order valence-electron chi connectivity index (χ0n) is 17.9. The largest absolute Gasteiger partial charge is 0.454 e. The molecule has 0 atom stereocenters. The number of carbonyl (C=O) groups excluding carboxylic acids is 1. The van der Waals surface area contributed by atoms with Gasteiger partial charge < -0.3 is 9.73 Å². The Labute approximate surface area is 205 Å². The summed E-state index contributed by atoms with van der Waals surface area (Å²) in [5.74, 6) is 0.175. The van der Waals surface area contributed by atoms with E-state index in [0.29, 0.717) is 28.7 Å². The van der Waals surface area contributed by atoms with Gasteiger partial charge in [-0.15, -0.1) is 10.2 Å². The minimum Gasteiger partial charge on any atom is -0.454 e. The topological polar surface area (TPSA) is 132 Å². The van der Waals surface area contributed by atoms with Gasteiger partial charge in [0, 0.05) is 5.69 Å². The van der Waals surface area contributed by atoms with Crippen LogP contribution in [0.2, 0.25) is 10.2 Å². The van der Waals surface area contributed by atoms with E-state index in [2.05, 4.69) is 25.3 Å². The summed E-state index contributed by atoms with van der Waals surface area (Å²) >= 11 is 11.8. The van der Waals surface area contributed by atoms with Gasteiger partial charge in [0.15, 0.2) is 16.7 Å². The summed E-state index contributed by atoms with van der Waals surface area (Å²) in [5.41, 5.74) is 1.90. The van der Waals surface area contributed by atoms with Crippen molar-refractivity contribution in [2.45, 2.75) is 25.3 Å². The van der Waals surface area contributed by atoms with E-state index >= 15 is 0 Å². The van der Waals surface area contributed by atoms with E-state index in [1.54, 1.807) is 16.8 Å². The highest BCUT2D eigenvalue weighted by atomic mass is 35.5. The van der Waals surface area contributed by atoms with E-state index in [1.165, 1.54) is 36.4 Å². The molecule has 2 N–H and O–H groups in total. The summed E-state index contributed by atoms with van der Waals surface area (Å²) in [4.78, 5) is 12.5. The molecular weight excluding hydrogens is 503 g/mol. The molecule has 0 bridgehead atoms. The minimum atomic E-state index is -3.90. The molecule has 0 aliphatic carbocycles. The van der Waals surface area contributed by atoms with Crippen molar-refractivity contribution in [2.24, 2.45) is 0 Å². The fraction of sp³-hybridized carbons (Fsp3) is 0.143. The molecule has 4 aromatic rings. The molecule has 0 saturated carbocycles. The van der Waals surface area contributed by atoms with Gasteiger partial charge in [-0.2, -0.15) is 5.10 Å². The molecule has 1 aromatic carbocycles. The van der Waals surface area contributed by atoms with Crippen molar-refractivity contribution in [3.63, 3.8) is 0 Å². The number of nitrogens with zero attached hydrogens (tertiary/aromatic N) is 4. The fourth-order valence-corrected chi connectivity index (χ4v) is 4.27. The van der Waals surface area contributed by atoms with Gasteiger partial charge in [0.25, 0.3) is 15.9 Å². The summed E-state index contributed by atoms with van der Waals surface area (Å²) in [6.07, 6.45) is 0. The van der Waals surface area contributed by atoms with Gasteiger partial charge in [0.05, 0.1) is 27.9 Å². The summed E-state index contributed by atoms with van der Waals surface area (Å²) < 4.78 is 34.7. The molecule has 0 unspecified atom stereocenters. The quantitative estimate of drug-likeness (QED) is 0.371. The van der Waals surface area contributed by atoms with Crippen molar-refractivity contribution in [2.75, 3.05) is 10.0 Å². The first kappa shape index (κ1) is 23.7. The monoisotopic (exact) mass is 520 g/mol. The summed E-state index contributed by atoms with van der Waals surface area (Å²) in [5, 5.41) is 15.0. The zero-order chi connectivity index (χ0) is 24.5. The first-order valence-electron chi connectivity index (χ1n) is 9.84. The molecule has 0 spiro atoms. The molecule has 0 aliphatic rings. The number of halogens is 2. The third kappa shape index (κ3) is 5.22. The Morgan fingerprint density at radius 3 is 2.38 bits per heavy atom.